The van der Waals surface area contributed by atoms with E-state index in [-0.39, 0.29) is 0 Å². The minimum atomic E-state index is 0.561. The second-order valence-corrected chi connectivity index (χ2v) is 5.78. The van der Waals surface area contributed by atoms with Crippen LogP contribution in [0.2, 0.25) is 0 Å². The fraction of sp³-hybridized carbons (Fsp3) is 0.733. The highest BCUT2D eigenvalue weighted by molar-refractivity contribution is 5.32. The molecule has 1 aromatic heterocycles. The van der Waals surface area contributed by atoms with Gasteiger partial charge in [-0.1, -0.05) is 6.42 Å². The van der Waals surface area contributed by atoms with Gasteiger partial charge in [-0.05, 0) is 45.6 Å². The molecule has 2 heterocycles. The molecule has 1 aliphatic heterocycles. The van der Waals surface area contributed by atoms with Crippen molar-refractivity contribution >= 4 is 0 Å². The summed E-state index contributed by atoms with van der Waals surface area (Å²) in [5.41, 5.74) is 2.28. The number of ether oxygens (including phenoxy) is 1. The van der Waals surface area contributed by atoms with Crippen LogP contribution in [0.5, 0.6) is 5.88 Å². The molecule has 19 heavy (non-hydrogen) atoms. The molecule has 4 nitrogen and oxygen atoms in total. The monoisotopic (exact) mass is 261 g/mol. The van der Waals surface area contributed by atoms with Crippen molar-refractivity contribution in [3.05, 3.63) is 17.1 Å². The first-order valence-corrected chi connectivity index (χ1v) is 7.42. The van der Waals surface area contributed by atoms with Crippen LogP contribution in [0.25, 0.3) is 0 Å². The van der Waals surface area contributed by atoms with Gasteiger partial charge >= 0.3 is 0 Å². The molecule has 0 aromatic carbocycles. The number of rotatable bonds is 4. The fourth-order valence-corrected chi connectivity index (χ4v) is 3.02. The highest BCUT2D eigenvalue weighted by Crippen LogP contribution is 2.36. The summed E-state index contributed by atoms with van der Waals surface area (Å²) >= 11 is 0. The van der Waals surface area contributed by atoms with Crippen LogP contribution in [0.15, 0.2) is 0 Å². The molecule has 1 saturated carbocycles. The number of hydrogen-bond donors (Lipinski definition) is 1. The van der Waals surface area contributed by atoms with Gasteiger partial charge in [0.05, 0.1) is 7.11 Å². The van der Waals surface area contributed by atoms with Gasteiger partial charge in [0.15, 0.2) is 0 Å². The lowest BCUT2D eigenvalue weighted by Crippen LogP contribution is -2.25. The van der Waals surface area contributed by atoms with E-state index in [2.05, 4.69) is 17.2 Å². The lowest BCUT2D eigenvalue weighted by molar-refractivity contribution is 0.364. The van der Waals surface area contributed by atoms with Crippen LogP contribution in [-0.2, 0) is 6.42 Å². The van der Waals surface area contributed by atoms with Crippen molar-refractivity contribution in [1.82, 2.24) is 15.3 Å². The molecular formula is C15H23N3O. The van der Waals surface area contributed by atoms with E-state index in [1.165, 1.54) is 37.7 Å². The minimum Gasteiger partial charge on any atom is -0.481 e. The molecule has 2 fully saturated rings. The summed E-state index contributed by atoms with van der Waals surface area (Å²) in [4.78, 5) is 9.38. The van der Waals surface area contributed by atoms with Crippen LogP contribution in [0.3, 0.4) is 0 Å². The molecule has 1 saturated heterocycles. The van der Waals surface area contributed by atoms with Crippen LogP contribution >= 0.6 is 0 Å². The number of aromatic nitrogens is 2. The number of nitrogens with zero attached hydrogens (tertiary/aromatic N) is 2. The third kappa shape index (κ3) is 2.59. The molecule has 1 aliphatic carbocycles. The zero-order valence-corrected chi connectivity index (χ0v) is 11.9. The van der Waals surface area contributed by atoms with E-state index in [4.69, 9.17) is 9.72 Å². The van der Waals surface area contributed by atoms with E-state index < -0.39 is 0 Å². The van der Waals surface area contributed by atoms with Gasteiger partial charge in [-0.3, -0.25) is 0 Å². The van der Waals surface area contributed by atoms with Crippen molar-refractivity contribution in [3.8, 4) is 5.88 Å². The van der Waals surface area contributed by atoms with E-state index in [1.807, 2.05) is 0 Å². The van der Waals surface area contributed by atoms with Crippen molar-refractivity contribution in [2.45, 2.75) is 57.4 Å². The Kier molecular flexibility index (Phi) is 3.69. The summed E-state index contributed by atoms with van der Waals surface area (Å²) in [6.45, 7) is 3.23. The highest BCUT2D eigenvalue weighted by atomic mass is 16.5. The summed E-state index contributed by atoms with van der Waals surface area (Å²) in [5.74, 6) is 2.35. The maximum atomic E-state index is 5.52. The molecule has 1 N–H and O–H groups in total. The van der Waals surface area contributed by atoms with Gasteiger partial charge in [0.25, 0.3) is 0 Å². The molecule has 104 valence electrons. The summed E-state index contributed by atoms with van der Waals surface area (Å²) in [6.07, 6.45) is 7.27. The highest BCUT2D eigenvalue weighted by Gasteiger charge is 2.26. The fourth-order valence-electron chi connectivity index (χ4n) is 3.02. The van der Waals surface area contributed by atoms with Gasteiger partial charge in [-0.15, -0.1) is 0 Å². The number of nitrogens with one attached hydrogen (secondary N) is 1. The summed E-state index contributed by atoms with van der Waals surface area (Å²) in [7, 11) is 1.72. The molecule has 4 heteroatoms. The third-order valence-electron chi connectivity index (χ3n) is 4.47. The van der Waals surface area contributed by atoms with E-state index >= 15 is 0 Å². The zero-order chi connectivity index (χ0) is 13.2. The van der Waals surface area contributed by atoms with E-state index in [1.54, 1.807) is 7.11 Å². The Hall–Kier alpha value is -1.16. The Labute approximate surface area is 115 Å². The summed E-state index contributed by atoms with van der Waals surface area (Å²) in [6, 6.07) is 0.561. The maximum absolute atomic E-state index is 5.52. The molecule has 1 atom stereocenters. The molecular weight excluding hydrogens is 238 g/mol. The SMILES string of the molecule is COc1nc(C2CCC2)nc(C)c1CC1CCCN1. The molecule has 2 aliphatic rings. The average molecular weight is 261 g/mol. The lowest BCUT2D eigenvalue weighted by Gasteiger charge is -2.25. The predicted octanol–water partition coefficient (Wildman–Crippen LogP) is 2.36. The smallest absolute Gasteiger partial charge is 0.219 e. The van der Waals surface area contributed by atoms with Crippen LogP contribution in [0.4, 0.5) is 0 Å². The van der Waals surface area contributed by atoms with Crippen LogP contribution in [0.1, 0.15) is 55.1 Å². The van der Waals surface area contributed by atoms with Gasteiger partial charge in [-0.25, -0.2) is 4.98 Å². The van der Waals surface area contributed by atoms with Crippen LogP contribution in [-0.4, -0.2) is 29.7 Å². The Balaban J connectivity index is 1.84. The van der Waals surface area contributed by atoms with Crippen LogP contribution < -0.4 is 10.1 Å². The second-order valence-electron chi connectivity index (χ2n) is 5.78. The summed E-state index contributed by atoms with van der Waals surface area (Å²) in [5, 5.41) is 3.53. The van der Waals surface area contributed by atoms with Gasteiger partial charge in [0, 0.05) is 23.2 Å². The zero-order valence-electron chi connectivity index (χ0n) is 11.9. The second kappa shape index (κ2) is 5.45. The average Bonchev–Trinajstić information content (AvgIpc) is 2.82. The van der Waals surface area contributed by atoms with Crippen molar-refractivity contribution in [3.63, 3.8) is 0 Å². The number of hydrogen-bond acceptors (Lipinski definition) is 4. The molecule has 3 rings (SSSR count). The van der Waals surface area contributed by atoms with Gasteiger partial charge in [0.2, 0.25) is 5.88 Å². The van der Waals surface area contributed by atoms with Crippen LogP contribution in [0, 0.1) is 6.92 Å². The molecule has 1 aromatic rings. The Morgan fingerprint density at radius 3 is 2.63 bits per heavy atom. The Bertz CT molecular complexity index is 451. The quantitative estimate of drug-likeness (QED) is 0.904. The predicted molar refractivity (Wildman–Crippen MR) is 74.6 cm³/mol. The van der Waals surface area contributed by atoms with Gasteiger partial charge in [-0.2, -0.15) is 4.98 Å². The van der Waals surface area contributed by atoms with Crippen molar-refractivity contribution in [1.29, 1.82) is 0 Å². The molecule has 1 unspecified atom stereocenters. The van der Waals surface area contributed by atoms with Gasteiger partial charge in [0.1, 0.15) is 5.82 Å². The maximum Gasteiger partial charge on any atom is 0.219 e. The largest absolute Gasteiger partial charge is 0.481 e. The third-order valence-corrected chi connectivity index (χ3v) is 4.47. The molecule has 0 amide bonds. The Morgan fingerprint density at radius 1 is 1.21 bits per heavy atom. The normalized spacial score (nSPS) is 23.4. The molecule has 0 bridgehead atoms. The van der Waals surface area contributed by atoms with Crippen molar-refractivity contribution < 1.29 is 4.74 Å². The van der Waals surface area contributed by atoms with Crippen molar-refractivity contribution in [2.24, 2.45) is 0 Å². The summed E-state index contributed by atoms with van der Waals surface area (Å²) < 4.78 is 5.52. The van der Waals surface area contributed by atoms with E-state index in [0.717, 1.165) is 30.4 Å². The standard InChI is InChI=1S/C15H23N3O/c1-10-13(9-12-7-4-8-16-12)15(19-2)18-14(17-10)11-5-3-6-11/h11-12,16H,3-9H2,1-2H3. The van der Waals surface area contributed by atoms with Gasteiger partial charge < -0.3 is 10.1 Å². The number of methoxy groups -OCH3 is 1. The van der Waals surface area contributed by atoms with E-state index in [0.29, 0.717) is 12.0 Å². The first-order valence-electron chi connectivity index (χ1n) is 7.42. The Morgan fingerprint density at radius 2 is 2.05 bits per heavy atom. The number of aryl methyl sites for hydroxylation is 1. The topological polar surface area (TPSA) is 47.0 Å². The first-order chi connectivity index (χ1) is 9.28. The first kappa shape index (κ1) is 12.9. The lowest BCUT2D eigenvalue weighted by atomic mass is 9.84. The minimum absolute atomic E-state index is 0.561. The van der Waals surface area contributed by atoms with E-state index in [9.17, 15) is 0 Å². The molecule has 0 radical (unpaired) electrons. The molecule has 0 spiro atoms. The van der Waals surface area contributed by atoms with Crippen molar-refractivity contribution in [2.75, 3.05) is 13.7 Å².